The van der Waals surface area contributed by atoms with Crippen LogP contribution in [0.5, 0.6) is 0 Å². The number of carbonyl (C=O) groups is 1. The third kappa shape index (κ3) is 57.5. The summed E-state index contributed by atoms with van der Waals surface area (Å²) in [6.45, 7) is 4.52. The van der Waals surface area contributed by atoms with Crippen molar-refractivity contribution in [3.05, 3.63) is 72.9 Å². The number of aliphatic hydroxyl groups excluding tert-OH is 1. The van der Waals surface area contributed by atoms with Gasteiger partial charge in [-0.25, -0.2) is 0 Å². The number of phosphoric acid groups is 1. The first kappa shape index (κ1) is 70.9. The summed E-state index contributed by atoms with van der Waals surface area (Å²) >= 11 is 0. The first-order valence-corrected chi connectivity index (χ1v) is 32.3. The number of hydrogen-bond acceptors (Lipinski definition) is 6. The summed E-state index contributed by atoms with van der Waals surface area (Å²) in [4.78, 5) is 25.4. The molecule has 0 fully saturated rings. The topological polar surface area (TPSA) is 108 Å². The largest absolute Gasteiger partial charge is 0.756 e. The first-order chi connectivity index (χ1) is 35.5. The molecule has 0 aliphatic rings. The summed E-state index contributed by atoms with van der Waals surface area (Å²) in [5, 5.41) is 13.8. The lowest BCUT2D eigenvalue weighted by Gasteiger charge is -2.29. The van der Waals surface area contributed by atoms with Crippen LogP contribution in [0.3, 0.4) is 0 Å². The Hall–Kier alpha value is -2.06. The minimum atomic E-state index is -4.59. The van der Waals surface area contributed by atoms with E-state index in [2.05, 4.69) is 79.9 Å². The van der Waals surface area contributed by atoms with Crippen molar-refractivity contribution in [2.45, 2.75) is 289 Å². The molecule has 3 atom stereocenters. The summed E-state index contributed by atoms with van der Waals surface area (Å²) in [6, 6.07) is -0.884. The lowest BCUT2D eigenvalue weighted by molar-refractivity contribution is -0.870. The average molecular weight is 1040 g/mol. The number of amides is 1. The van der Waals surface area contributed by atoms with Crippen molar-refractivity contribution >= 4 is 13.7 Å². The molecular formula is C64H119N2O6P. The number of hydrogen-bond donors (Lipinski definition) is 2. The molecule has 0 saturated heterocycles. The van der Waals surface area contributed by atoms with Gasteiger partial charge in [0, 0.05) is 6.42 Å². The molecule has 426 valence electrons. The normalized spacial score (nSPS) is 14.3. The monoisotopic (exact) mass is 1040 g/mol. The summed E-state index contributed by atoms with van der Waals surface area (Å²) in [7, 11) is 1.27. The Morgan fingerprint density at radius 1 is 0.493 bits per heavy atom. The van der Waals surface area contributed by atoms with Gasteiger partial charge in [0.15, 0.2) is 0 Å². The number of rotatable bonds is 56. The van der Waals surface area contributed by atoms with Crippen molar-refractivity contribution in [2.75, 3.05) is 40.9 Å². The number of aliphatic hydroxyl groups is 1. The molecule has 8 nitrogen and oxygen atoms in total. The maximum Gasteiger partial charge on any atom is 0.268 e. The minimum Gasteiger partial charge on any atom is -0.756 e. The van der Waals surface area contributed by atoms with Crippen LogP contribution in [0.15, 0.2) is 72.9 Å². The van der Waals surface area contributed by atoms with Crippen molar-refractivity contribution in [3.63, 3.8) is 0 Å². The molecule has 0 rings (SSSR count). The fraction of sp³-hybridized carbons (Fsp3) is 0.797. The van der Waals surface area contributed by atoms with Crippen LogP contribution in [0.1, 0.15) is 277 Å². The molecule has 0 aromatic rings. The van der Waals surface area contributed by atoms with Gasteiger partial charge in [-0.2, -0.15) is 0 Å². The predicted octanol–water partition coefficient (Wildman–Crippen LogP) is 18.4. The van der Waals surface area contributed by atoms with Crippen LogP contribution in [0, 0.1) is 0 Å². The third-order valence-corrected chi connectivity index (χ3v) is 14.6. The van der Waals surface area contributed by atoms with Gasteiger partial charge in [0.25, 0.3) is 7.82 Å². The van der Waals surface area contributed by atoms with E-state index < -0.39 is 20.0 Å². The average Bonchev–Trinajstić information content (AvgIpc) is 3.35. The number of allylic oxidation sites excluding steroid dienone is 11. The quantitative estimate of drug-likeness (QED) is 0.0272. The molecule has 0 aromatic heterocycles. The molecule has 73 heavy (non-hydrogen) atoms. The second kappa shape index (κ2) is 54.7. The van der Waals surface area contributed by atoms with Gasteiger partial charge in [0.05, 0.1) is 39.9 Å². The van der Waals surface area contributed by atoms with Gasteiger partial charge in [-0.05, 0) is 64.2 Å². The SMILES string of the molecule is CC/C=C\C/C=C\C/C=C\C/C=C\C/C=C\CCCCCCCCCCCCCCCCCCCCCCCCCCCC(=O)NC(COP(=O)([O-])OCC[N+](C)(C)C)C(O)/C=C/CCCCCCCCCC. The number of nitrogens with one attached hydrogen (secondary N) is 1. The Morgan fingerprint density at radius 2 is 0.836 bits per heavy atom. The molecule has 0 aromatic carbocycles. The lowest BCUT2D eigenvalue weighted by Crippen LogP contribution is -2.45. The van der Waals surface area contributed by atoms with E-state index >= 15 is 0 Å². The Labute approximate surface area is 453 Å². The van der Waals surface area contributed by atoms with E-state index in [4.69, 9.17) is 9.05 Å². The summed E-state index contributed by atoms with van der Waals surface area (Å²) in [5.74, 6) is -0.196. The molecule has 0 aliphatic carbocycles. The van der Waals surface area contributed by atoms with Gasteiger partial charge in [-0.3, -0.25) is 9.36 Å². The molecule has 0 radical (unpaired) electrons. The first-order valence-electron chi connectivity index (χ1n) is 30.8. The Morgan fingerprint density at radius 3 is 1.22 bits per heavy atom. The summed E-state index contributed by atoms with van der Waals surface area (Å²) in [5.41, 5.74) is 0. The highest BCUT2D eigenvalue weighted by Gasteiger charge is 2.23. The van der Waals surface area contributed by atoms with E-state index in [-0.39, 0.29) is 19.1 Å². The number of carbonyl (C=O) groups excluding carboxylic acids is 1. The van der Waals surface area contributed by atoms with E-state index in [0.29, 0.717) is 17.4 Å². The fourth-order valence-corrected chi connectivity index (χ4v) is 9.61. The highest BCUT2D eigenvalue weighted by molar-refractivity contribution is 7.45. The van der Waals surface area contributed by atoms with Crippen LogP contribution >= 0.6 is 7.82 Å². The number of quaternary nitrogens is 1. The van der Waals surface area contributed by atoms with Crippen molar-refractivity contribution in [1.82, 2.24) is 5.32 Å². The van der Waals surface area contributed by atoms with Crippen molar-refractivity contribution in [1.29, 1.82) is 0 Å². The number of nitrogens with zero attached hydrogens (tertiary/aromatic N) is 1. The molecule has 0 spiro atoms. The predicted molar refractivity (Wildman–Crippen MR) is 316 cm³/mol. The number of unbranched alkanes of at least 4 members (excludes halogenated alkanes) is 33. The van der Waals surface area contributed by atoms with Crippen molar-refractivity contribution in [2.24, 2.45) is 0 Å². The van der Waals surface area contributed by atoms with E-state index in [1.807, 2.05) is 27.2 Å². The standard InChI is InChI=1S/C64H119N2O6P/c1-6-8-10-12-14-16-18-19-20-21-22-23-24-25-26-27-28-29-30-31-32-33-34-35-36-37-38-39-40-41-42-43-44-45-46-47-48-50-52-54-56-58-64(68)65-62(61-72-73(69,70)71-60-59-66(3,4)5)63(67)57-55-53-51-49-17-15-13-11-9-7-2/h8,10,14,16,19-20,22-23,25-26,55,57,62-63,67H,6-7,9,11-13,15,17-18,21,24,27-54,56,58-61H2,1-5H3,(H-,65,68,69,70)/b10-8-,16-14-,20-19-,23-22-,26-25-,57-55+. The highest BCUT2D eigenvalue weighted by Crippen LogP contribution is 2.38. The van der Waals surface area contributed by atoms with Gasteiger partial charge >= 0.3 is 0 Å². The van der Waals surface area contributed by atoms with E-state index in [1.165, 1.54) is 186 Å². The Bertz CT molecular complexity index is 1420. The second-order valence-electron chi connectivity index (χ2n) is 22.0. The number of phosphoric ester groups is 1. The Balaban J connectivity index is 3.81. The zero-order valence-corrected chi connectivity index (χ0v) is 49.5. The smallest absolute Gasteiger partial charge is 0.268 e. The van der Waals surface area contributed by atoms with E-state index in [1.54, 1.807) is 6.08 Å². The summed E-state index contributed by atoms with van der Waals surface area (Å²) < 4.78 is 23.3. The summed E-state index contributed by atoms with van der Waals surface area (Å²) in [6.07, 6.45) is 76.0. The van der Waals surface area contributed by atoms with Gasteiger partial charge < -0.3 is 28.8 Å². The molecule has 1 amide bonds. The number of likely N-dealkylation sites (N-methyl/N-ethyl adjacent to an activating group) is 1. The molecule has 2 N–H and O–H groups in total. The van der Waals surface area contributed by atoms with Crippen LogP contribution in [0.2, 0.25) is 0 Å². The van der Waals surface area contributed by atoms with E-state index in [0.717, 1.165) is 70.6 Å². The highest BCUT2D eigenvalue weighted by atomic mass is 31.2. The molecular weight excluding hydrogens is 924 g/mol. The van der Waals surface area contributed by atoms with Crippen LogP contribution in [0.25, 0.3) is 0 Å². The molecule has 0 aliphatic heterocycles. The second-order valence-corrected chi connectivity index (χ2v) is 23.4. The Kier molecular flexibility index (Phi) is 53.2. The third-order valence-electron chi connectivity index (χ3n) is 13.7. The van der Waals surface area contributed by atoms with Crippen LogP contribution < -0.4 is 10.2 Å². The van der Waals surface area contributed by atoms with Crippen LogP contribution in [-0.2, 0) is 18.4 Å². The van der Waals surface area contributed by atoms with Crippen molar-refractivity contribution in [3.8, 4) is 0 Å². The molecule has 0 bridgehead atoms. The van der Waals surface area contributed by atoms with Gasteiger partial charge in [0.2, 0.25) is 5.91 Å². The maximum atomic E-state index is 12.9. The van der Waals surface area contributed by atoms with E-state index in [9.17, 15) is 19.4 Å². The van der Waals surface area contributed by atoms with Crippen LogP contribution in [0.4, 0.5) is 0 Å². The minimum absolute atomic E-state index is 0.000702. The van der Waals surface area contributed by atoms with Crippen molar-refractivity contribution < 1.29 is 32.9 Å². The van der Waals surface area contributed by atoms with Gasteiger partial charge in [-0.1, -0.05) is 279 Å². The lowest BCUT2D eigenvalue weighted by atomic mass is 10.0. The fourth-order valence-electron chi connectivity index (χ4n) is 8.89. The van der Waals surface area contributed by atoms with Crippen LogP contribution in [-0.4, -0.2) is 68.5 Å². The molecule has 0 saturated carbocycles. The van der Waals surface area contributed by atoms with Gasteiger partial charge in [0.1, 0.15) is 13.2 Å². The van der Waals surface area contributed by atoms with Gasteiger partial charge in [-0.15, -0.1) is 0 Å². The zero-order chi connectivity index (χ0) is 53.5. The molecule has 3 unspecified atom stereocenters. The molecule has 9 heteroatoms. The molecule has 0 heterocycles. The maximum absolute atomic E-state index is 12.9. The zero-order valence-electron chi connectivity index (χ0n) is 48.6.